The molecule has 5 aliphatic heterocycles. The number of aliphatic imine (C=N–C) groups is 2. The molecule has 0 aliphatic carbocycles. The Morgan fingerprint density at radius 3 is 1.48 bits per heavy atom. The van der Waals surface area contributed by atoms with Gasteiger partial charge >= 0.3 is 0 Å². The number of ether oxygens (including phenoxy) is 4. The maximum absolute atomic E-state index is 13.9. The van der Waals surface area contributed by atoms with E-state index in [4.69, 9.17) is 18.9 Å². The highest BCUT2D eigenvalue weighted by molar-refractivity contribution is 6.04. The van der Waals surface area contributed by atoms with E-state index < -0.39 is 12.3 Å². The summed E-state index contributed by atoms with van der Waals surface area (Å²) < 4.78 is 51.1. The van der Waals surface area contributed by atoms with E-state index in [9.17, 15) is 18.4 Å². The number of rotatable bonds is 12. The molecule has 4 atom stereocenters. The van der Waals surface area contributed by atoms with Gasteiger partial charge in [-0.3, -0.25) is 19.6 Å². The van der Waals surface area contributed by atoms with Gasteiger partial charge in [-0.25, -0.2) is 8.78 Å². The molecule has 0 bridgehead atoms. The maximum atomic E-state index is 13.9. The molecule has 3 fully saturated rings. The Kier molecular flexibility index (Phi) is 10.2. The van der Waals surface area contributed by atoms with Gasteiger partial charge in [0.15, 0.2) is 23.0 Å². The number of halogens is 2. The summed E-state index contributed by atoms with van der Waals surface area (Å²) in [4.78, 5) is 43.1. The third kappa shape index (κ3) is 7.13. The highest BCUT2D eigenvalue weighted by Crippen LogP contribution is 2.40. The van der Waals surface area contributed by atoms with Crippen molar-refractivity contribution in [3.63, 3.8) is 0 Å². The molecular weight excluding hydrogens is 650 g/mol. The number of alkyl halides is 2. The minimum Gasteiger partial charge on any atom is -0.493 e. The molecule has 3 saturated heterocycles. The van der Waals surface area contributed by atoms with E-state index in [1.165, 1.54) is 24.0 Å². The average molecular weight is 695 g/mol. The first kappa shape index (κ1) is 34.2. The third-order valence-electron chi connectivity index (χ3n) is 10.1. The lowest BCUT2D eigenvalue weighted by molar-refractivity contribution is 0.0758. The van der Waals surface area contributed by atoms with Crippen LogP contribution in [-0.4, -0.2) is 148 Å². The molecule has 14 heteroatoms. The van der Waals surface area contributed by atoms with Crippen molar-refractivity contribution >= 4 is 35.6 Å². The Bertz CT molecular complexity index is 1530. The number of hydrogen-bond acceptors (Lipinski definition) is 10. The van der Waals surface area contributed by atoms with Crippen LogP contribution in [0.4, 0.5) is 20.2 Å². The summed E-state index contributed by atoms with van der Waals surface area (Å²) in [6.45, 7) is 6.79. The lowest BCUT2D eigenvalue weighted by Crippen LogP contribution is -2.47. The van der Waals surface area contributed by atoms with Gasteiger partial charge in [-0.2, -0.15) is 0 Å². The van der Waals surface area contributed by atoms with Crippen molar-refractivity contribution in [3.05, 3.63) is 35.4 Å². The van der Waals surface area contributed by atoms with Gasteiger partial charge in [0.05, 0.1) is 75.1 Å². The monoisotopic (exact) mass is 694 g/mol. The summed E-state index contributed by atoms with van der Waals surface area (Å²) in [6, 6.07) is 6.11. The molecular formula is C36H44F2N6O6. The van der Waals surface area contributed by atoms with E-state index in [2.05, 4.69) is 19.8 Å². The highest BCUT2D eigenvalue weighted by atomic mass is 19.1. The van der Waals surface area contributed by atoms with Crippen molar-refractivity contribution in [2.24, 2.45) is 9.98 Å². The number of nitrogens with zero attached hydrogens (tertiary/aromatic N) is 6. The van der Waals surface area contributed by atoms with Gasteiger partial charge in [0.1, 0.15) is 12.3 Å². The molecule has 0 spiro atoms. The zero-order valence-electron chi connectivity index (χ0n) is 28.6. The standard InChI is InChI=1S/C36H44F2N6O6/c1-47-31-15-27-29(39-19-25-13-23(37)21-43(25)35(27)45)17-33(31)49-11-3-5-41-7-9-42(10-8-41)6-4-12-50-34-18-30-28(16-32(34)48-2)36(46)44-22-24(38)14-26(44)20-40-30/h15-20,23-26H,3-14,21-22H2,1-2H3/t23-,24-,25-,26-/m0/s1. The largest absolute Gasteiger partial charge is 0.493 e. The van der Waals surface area contributed by atoms with Crippen molar-refractivity contribution < 1.29 is 37.3 Å². The molecule has 0 N–H and O–H groups in total. The normalized spacial score (nSPS) is 24.7. The number of carbonyl (C=O) groups is 2. The minimum absolute atomic E-state index is 0.0792. The quantitative estimate of drug-likeness (QED) is 0.306. The predicted octanol–water partition coefficient (Wildman–Crippen LogP) is 4.10. The summed E-state index contributed by atoms with van der Waals surface area (Å²) in [5, 5.41) is 0. The number of amides is 2. The lowest BCUT2D eigenvalue weighted by atomic mass is 10.1. The number of benzene rings is 2. The topological polar surface area (TPSA) is 109 Å². The Balaban J connectivity index is 0.834. The molecule has 12 nitrogen and oxygen atoms in total. The van der Waals surface area contributed by atoms with Crippen molar-refractivity contribution in [1.29, 1.82) is 0 Å². The van der Waals surface area contributed by atoms with Crippen molar-refractivity contribution in [1.82, 2.24) is 19.6 Å². The second-order valence-electron chi connectivity index (χ2n) is 13.4. The van der Waals surface area contributed by atoms with Crippen molar-refractivity contribution in [2.45, 2.75) is 50.1 Å². The first-order chi connectivity index (χ1) is 24.3. The van der Waals surface area contributed by atoms with Crippen LogP contribution in [0.25, 0.3) is 0 Å². The molecule has 7 rings (SSSR count). The van der Waals surface area contributed by atoms with Crippen molar-refractivity contribution in [2.75, 3.05) is 79.8 Å². The van der Waals surface area contributed by atoms with Gasteiger partial charge in [0.25, 0.3) is 11.8 Å². The Labute approximate surface area is 290 Å². The molecule has 0 radical (unpaired) electrons. The number of fused-ring (bicyclic) bond motifs is 4. The van der Waals surface area contributed by atoms with Crippen LogP contribution < -0.4 is 18.9 Å². The summed E-state index contributed by atoms with van der Waals surface area (Å²) in [5.41, 5.74) is 1.82. The second kappa shape index (κ2) is 14.9. The van der Waals surface area contributed by atoms with E-state index in [0.717, 1.165) is 52.1 Å². The maximum Gasteiger partial charge on any atom is 0.256 e. The Morgan fingerprint density at radius 2 is 1.08 bits per heavy atom. The molecule has 268 valence electrons. The number of hydrogen-bond donors (Lipinski definition) is 0. The molecule has 2 amide bonds. The van der Waals surface area contributed by atoms with E-state index in [0.29, 0.717) is 58.7 Å². The number of piperazine rings is 1. The fourth-order valence-corrected chi connectivity index (χ4v) is 7.39. The molecule has 5 heterocycles. The molecule has 0 aromatic heterocycles. The summed E-state index contributed by atoms with van der Waals surface area (Å²) in [7, 11) is 3.08. The smallest absolute Gasteiger partial charge is 0.256 e. The minimum atomic E-state index is -1.04. The molecule has 2 aromatic carbocycles. The molecule has 2 aromatic rings. The van der Waals surface area contributed by atoms with E-state index >= 15 is 0 Å². The van der Waals surface area contributed by atoms with Gasteiger partial charge in [-0.05, 0) is 25.0 Å². The molecule has 0 unspecified atom stereocenters. The van der Waals surface area contributed by atoms with Crippen LogP contribution in [0.15, 0.2) is 34.3 Å². The average Bonchev–Trinajstić information content (AvgIpc) is 3.64. The number of methoxy groups -OCH3 is 2. The van der Waals surface area contributed by atoms with Gasteiger partial charge < -0.3 is 38.5 Å². The number of carbonyl (C=O) groups excluding carboxylic acids is 2. The SMILES string of the molecule is COc1cc2c(cc1OCCCN1CCN(CCCOc3cc4c(cc3OC)C(=O)N3C[C@@H](F)C[C@H]3C=N4)CC1)N=C[C@@H]1C[C@H](F)CN1C2=O. The molecule has 0 saturated carbocycles. The van der Waals surface area contributed by atoms with Crippen LogP contribution in [0, 0.1) is 0 Å². The zero-order valence-corrected chi connectivity index (χ0v) is 28.6. The van der Waals surface area contributed by atoms with Crippen LogP contribution in [-0.2, 0) is 0 Å². The van der Waals surface area contributed by atoms with Gasteiger partial charge in [-0.1, -0.05) is 0 Å². The van der Waals surface area contributed by atoms with Crippen LogP contribution in [0.5, 0.6) is 23.0 Å². The Hall–Kier alpha value is -4.30. The first-order valence-electron chi connectivity index (χ1n) is 17.4. The van der Waals surface area contributed by atoms with Crippen molar-refractivity contribution in [3.8, 4) is 23.0 Å². The van der Waals surface area contributed by atoms with E-state index in [1.807, 2.05) is 0 Å². The fraction of sp³-hybridized carbons (Fsp3) is 0.556. The first-order valence-corrected chi connectivity index (χ1v) is 17.4. The van der Waals surface area contributed by atoms with E-state index in [-0.39, 0.29) is 49.8 Å². The fourth-order valence-electron chi connectivity index (χ4n) is 7.39. The summed E-state index contributed by atoms with van der Waals surface area (Å²) in [6.07, 6.45) is 3.44. The van der Waals surface area contributed by atoms with Crippen LogP contribution in [0.1, 0.15) is 46.4 Å². The van der Waals surface area contributed by atoms with Crippen LogP contribution >= 0.6 is 0 Å². The zero-order chi connectivity index (χ0) is 34.8. The van der Waals surface area contributed by atoms with Gasteiger partial charge in [0.2, 0.25) is 0 Å². The molecule has 50 heavy (non-hydrogen) atoms. The predicted molar refractivity (Wildman–Crippen MR) is 184 cm³/mol. The summed E-state index contributed by atoms with van der Waals surface area (Å²) in [5.74, 6) is 1.52. The van der Waals surface area contributed by atoms with E-state index in [1.54, 1.807) is 36.7 Å². The van der Waals surface area contributed by atoms with Gasteiger partial charge in [-0.15, -0.1) is 0 Å². The lowest BCUT2D eigenvalue weighted by Gasteiger charge is -2.34. The summed E-state index contributed by atoms with van der Waals surface area (Å²) >= 11 is 0. The molecule has 5 aliphatic rings. The Morgan fingerprint density at radius 1 is 0.660 bits per heavy atom. The third-order valence-corrected chi connectivity index (χ3v) is 10.1. The van der Waals surface area contributed by atoms with Crippen LogP contribution in [0.2, 0.25) is 0 Å². The second-order valence-corrected chi connectivity index (χ2v) is 13.4. The highest BCUT2D eigenvalue weighted by Gasteiger charge is 2.39. The van der Waals surface area contributed by atoms with Gasteiger partial charge in [0, 0.05) is 76.7 Å². The van der Waals surface area contributed by atoms with Crippen LogP contribution in [0.3, 0.4) is 0 Å².